The Morgan fingerprint density at radius 3 is 2.23 bits per heavy atom. The normalized spacial score (nSPS) is 67.1. The van der Waals surface area contributed by atoms with Gasteiger partial charge in [-0.15, -0.1) is 0 Å². The molecule has 0 amide bonds. The molecule has 0 radical (unpaired) electrons. The van der Waals surface area contributed by atoms with Gasteiger partial charge in [-0.2, -0.15) is 0 Å². The van der Waals surface area contributed by atoms with Crippen LogP contribution in [0.3, 0.4) is 0 Å². The Balaban J connectivity index is 1.46. The Hall–Kier alpha value is -0.600. The van der Waals surface area contributed by atoms with Gasteiger partial charge in [-0.25, -0.2) is 0 Å². The van der Waals surface area contributed by atoms with Crippen molar-refractivity contribution in [3.05, 3.63) is 0 Å². The molecule has 6 rings (SSSR count). The average Bonchev–Trinajstić information content (AvgIpc) is 3.54. The molecule has 4 heteroatoms. The second-order valence-corrected chi connectivity index (χ2v) is 12.6. The van der Waals surface area contributed by atoms with Crippen LogP contribution >= 0.6 is 0 Å². The number of fused-ring (bicyclic) bond motifs is 10. The van der Waals surface area contributed by atoms with Crippen LogP contribution in [0.2, 0.25) is 0 Å². The van der Waals surface area contributed by atoms with E-state index in [9.17, 15) is 20.4 Å². The van der Waals surface area contributed by atoms with Crippen molar-refractivity contribution in [2.75, 3.05) is 6.61 Å². The summed E-state index contributed by atoms with van der Waals surface area (Å²) in [5.74, 6) is 9.90. The van der Waals surface area contributed by atoms with E-state index >= 15 is 0 Å². The lowest BCUT2D eigenvalue weighted by Crippen LogP contribution is -2.65. The molecular weight excluding hydrogens is 376 g/mol. The Morgan fingerprint density at radius 2 is 1.53 bits per heavy atom. The Morgan fingerprint density at radius 1 is 0.867 bits per heavy atom. The predicted octanol–water partition coefficient (Wildman–Crippen LogP) is 2.44. The third-order valence-corrected chi connectivity index (χ3v) is 12.0. The van der Waals surface area contributed by atoms with E-state index in [1.165, 1.54) is 0 Å². The van der Waals surface area contributed by atoms with Crippen molar-refractivity contribution in [1.29, 1.82) is 0 Å². The summed E-state index contributed by atoms with van der Waals surface area (Å²) in [5.41, 5.74) is -2.12. The molecule has 4 N–H and O–H groups in total. The average molecular weight is 415 g/mol. The second kappa shape index (κ2) is 5.66. The van der Waals surface area contributed by atoms with Gasteiger partial charge in [-0.05, 0) is 78.4 Å². The minimum atomic E-state index is -1.000. The summed E-state index contributed by atoms with van der Waals surface area (Å²) in [4.78, 5) is 0. The summed E-state index contributed by atoms with van der Waals surface area (Å²) in [6, 6.07) is 0. The zero-order chi connectivity index (χ0) is 21.4. The molecule has 30 heavy (non-hydrogen) atoms. The molecule has 6 saturated carbocycles. The first-order chi connectivity index (χ1) is 14.1. The molecular formula is C26H38O4. The monoisotopic (exact) mass is 414 g/mol. The quantitative estimate of drug-likeness (QED) is 0.459. The summed E-state index contributed by atoms with van der Waals surface area (Å²) < 4.78 is 0. The van der Waals surface area contributed by atoms with E-state index in [2.05, 4.69) is 39.5 Å². The van der Waals surface area contributed by atoms with E-state index in [0.717, 1.165) is 25.7 Å². The van der Waals surface area contributed by atoms with E-state index in [0.29, 0.717) is 47.8 Å². The number of aliphatic hydroxyl groups excluding tert-OH is 2. The molecule has 6 aliphatic carbocycles. The van der Waals surface area contributed by atoms with E-state index in [-0.39, 0.29) is 35.4 Å². The topological polar surface area (TPSA) is 80.9 Å². The zero-order valence-corrected chi connectivity index (χ0v) is 18.8. The third kappa shape index (κ3) is 1.93. The zero-order valence-electron chi connectivity index (χ0n) is 18.8. The SMILES string of the molecule is C[C@@H]1[C@@H]2C3C4[C@@H]5[C@H](C)[C@@H]5[C@@](O)(C#CCO)[C@@]4(C)CCC3[C@@]3(C)CC[C@H](O)C[C@@]3(O)[C@H]12. The number of rotatable bonds is 0. The Kier molecular flexibility index (Phi) is 3.78. The maximum Gasteiger partial charge on any atom is 0.134 e. The first-order valence-corrected chi connectivity index (χ1v) is 12.3. The fourth-order valence-electron chi connectivity index (χ4n) is 10.6. The summed E-state index contributed by atoms with van der Waals surface area (Å²) in [7, 11) is 0. The fraction of sp³-hybridized carbons (Fsp3) is 0.923. The van der Waals surface area contributed by atoms with Gasteiger partial charge in [-0.1, -0.05) is 39.5 Å². The molecule has 0 aliphatic heterocycles. The van der Waals surface area contributed by atoms with Crippen LogP contribution in [0, 0.1) is 75.9 Å². The van der Waals surface area contributed by atoms with Crippen molar-refractivity contribution < 1.29 is 20.4 Å². The first kappa shape index (κ1) is 20.0. The van der Waals surface area contributed by atoms with Gasteiger partial charge in [-0.3, -0.25) is 0 Å². The molecule has 3 unspecified atom stereocenters. The summed E-state index contributed by atoms with van der Waals surface area (Å²) in [6.07, 6.45) is 3.83. The van der Waals surface area contributed by atoms with Crippen LogP contribution in [0.4, 0.5) is 0 Å². The van der Waals surface area contributed by atoms with Crippen molar-refractivity contribution >= 4 is 0 Å². The molecule has 166 valence electrons. The van der Waals surface area contributed by atoms with Gasteiger partial charge in [0, 0.05) is 17.8 Å². The molecule has 0 spiro atoms. The molecule has 0 aromatic rings. The van der Waals surface area contributed by atoms with Gasteiger partial charge in [0.05, 0.1) is 11.7 Å². The molecule has 6 fully saturated rings. The predicted molar refractivity (Wildman–Crippen MR) is 113 cm³/mol. The molecule has 0 aromatic heterocycles. The largest absolute Gasteiger partial charge is 0.393 e. The standard InChI is InChI=1S/C26H38O4/c1-13-17-19-16(23(3)9-6-15(28)12-26(23,30)20(13)17)7-10-24(4)22(19)18-14(2)21(18)25(24,29)8-5-11-27/h13-22,27-30H,6-7,9-12H2,1-4H3/t13-,14+,15+,16?,17-,18-,19?,20-,21+,22?,23-,24+,25+,26-/m1/s1. The van der Waals surface area contributed by atoms with Crippen molar-refractivity contribution in [2.45, 2.75) is 77.1 Å². The Labute approximate surface area is 180 Å². The third-order valence-electron chi connectivity index (χ3n) is 12.0. The van der Waals surface area contributed by atoms with Gasteiger partial charge >= 0.3 is 0 Å². The van der Waals surface area contributed by atoms with Crippen LogP contribution in [0.5, 0.6) is 0 Å². The highest BCUT2D eigenvalue weighted by molar-refractivity contribution is 5.38. The number of aliphatic hydroxyl groups is 4. The lowest BCUT2D eigenvalue weighted by atomic mass is 9.42. The van der Waals surface area contributed by atoms with Gasteiger partial charge in [0.25, 0.3) is 0 Å². The maximum absolute atomic E-state index is 12.0. The minimum absolute atomic E-state index is 0.144. The van der Waals surface area contributed by atoms with Crippen molar-refractivity contribution in [1.82, 2.24) is 0 Å². The van der Waals surface area contributed by atoms with Crippen LogP contribution in [0.25, 0.3) is 0 Å². The maximum atomic E-state index is 12.0. The van der Waals surface area contributed by atoms with E-state index in [4.69, 9.17) is 0 Å². The summed E-state index contributed by atoms with van der Waals surface area (Å²) in [5, 5.41) is 43.7. The lowest BCUT2D eigenvalue weighted by Gasteiger charge is -2.64. The van der Waals surface area contributed by atoms with Crippen LogP contribution < -0.4 is 0 Å². The van der Waals surface area contributed by atoms with Crippen LogP contribution in [-0.2, 0) is 0 Å². The minimum Gasteiger partial charge on any atom is -0.393 e. The summed E-state index contributed by atoms with van der Waals surface area (Å²) >= 11 is 0. The highest BCUT2D eigenvalue weighted by Crippen LogP contribution is 2.83. The van der Waals surface area contributed by atoms with Gasteiger partial charge in [0.15, 0.2) is 0 Å². The van der Waals surface area contributed by atoms with Gasteiger partial charge < -0.3 is 20.4 Å². The van der Waals surface area contributed by atoms with Crippen LogP contribution in [0.15, 0.2) is 0 Å². The summed E-state index contributed by atoms with van der Waals surface area (Å²) in [6.45, 7) is 8.98. The molecule has 0 bridgehead atoms. The number of hydrogen-bond donors (Lipinski definition) is 4. The van der Waals surface area contributed by atoms with E-state index in [1.807, 2.05) is 0 Å². The highest BCUT2D eigenvalue weighted by atomic mass is 16.3. The van der Waals surface area contributed by atoms with Crippen molar-refractivity contribution in [2.24, 2.45) is 64.1 Å². The molecule has 14 atom stereocenters. The van der Waals surface area contributed by atoms with E-state index in [1.54, 1.807) is 0 Å². The van der Waals surface area contributed by atoms with Crippen LogP contribution in [-0.4, -0.2) is 44.3 Å². The smallest absolute Gasteiger partial charge is 0.134 e. The van der Waals surface area contributed by atoms with E-state index < -0.39 is 11.2 Å². The van der Waals surface area contributed by atoms with Gasteiger partial charge in [0.1, 0.15) is 12.2 Å². The van der Waals surface area contributed by atoms with Gasteiger partial charge in [0.2, 0.25) is 0 Å². The van der Waals surface area contributed by atoms with Crippen molar-refractivity contribution in [3.8, 4) is 11.8 Å². The molecule has 0 aromatic carbocycles. The highest BCUT2D eigenvalue weighted by Gasteiger charge is 2.84. The van der Waals surface area contributed by atoms with Crippen LogP contribution in [0.1, 0.15) is 59.8 Å². The molecule has 6 aliphatic rings. The molecule has 0 heterocycles. The fourth-order valence-corrected chi connectivity index (χ4v) is 10.6. The molecule has 0 saturated heterocycles. The Bertz CT molecular complexity index is 846. The lowest BCUT2D eigenvalue weighted by molar-refractivity contribution is -0.234. The van der Waals surface area contributed by atoms with Crippen molar-refractivity contribution in [3.63, 3.8) is 0 Å². The number of hydrogen-bond acceptors (Lipinski definition) is 4. The second-order valence-electron chi connectivity index (χ2n) is 12.6. The first-order valence-electron chi connectivity index (χ1n) is 12.3. The molecule has 4 nitrogen and oxygen atoms in total.